The Labute approximate surface area is 270 Å². The Morgan fingerprint density at radius 1 is 1.00 bits per heavy atom. The number of aromatic nitrogens is 2. The molecule has 224 valence electrons. The lowest BCUT2D eigenvalue weighted by Crippen LogP contribution is -2.47. The monoisotopic (exact) mass is 675 g/mol. The highest BCUT2D eigenvalue weighted by Gasteiger charge is 2.45. The zero-order valence-corrected chi connectivity index (χ0v) is 26.5. The standard InChI is InChI=1S/C26H31Cl2N5O3.4ClH/c27-20-1-6-24(25(28)15-20)26(18-32-10-8-30-19-32)35-17-23(36-26)16-34-22-4-2-21(3-5-22)33-13-11-31(9-7-29)12-14-33;;;;/h1-6,8,10,15,19,23H,7,9,11-14,16-18,29H2;4*1H. The summed E-state index contributed by atoms with van der Waals surface area (Å²) in [6.45, 7) is 6.87. The molecule has 0 aliphatic carbocycles. The van der Waals surface area contributed by atoms with Crippen LogP contribution in [0.4, 0.5) is 5.69 Å². The molecule has 0 radical (unpaired) electrons. The van der Waals surface area contributed by atoms with Crippen molar-refractivity contribution in [3.05, 3.63) is 76.8 Å². The van der Waals surface area contributed by atoms with Crippen LogP contribution < -0.4 is 15.4 Å². The van der Waals surface area contributed by atoms with E-state index in [2.05, 4.69) is 26.9 Å². The van der Waals surface area contributed by atoms with Crippen molar-refractivity contribution in [2.75, 3.05) is 57.4 Å². The Morgan fingerprint density at radius 3 is 2.35 bits per heavy atom. The summed E-state index contributed by atoms with van der Waals surface area (Å²) in [5.74, 6) is -0.271. The second kappa shape index (κ2) is 17.1. The van der Waals surface area contributed by atoms with Crippen molar-refractivity contribution in [1.82, 2.24) is 14.5 Å². The van der Waals surface area contributed by atoms with E-state index in [-0.39, 0.29) is 55.7 Å². The second-order valence-electron chi connectivity index (χ2n) is 9.09. The van der Waals surface area contributed by atoms with Gasteiger partial charge < -0.3 is 29.4 Å². The number of hydrogen-bond donors (Lipinski definition) is 1. The third-order valence-corrected chi connectivity index (χ3v) is 7.15. The van der Waals surface area contributed by atoms with E-state index in [0.29, 0.717) is 36.3 Å². The lowest BCUT2D eigenvalue weighted by Gasteiger charge is -2.36. The summed E-state index contributed by atoms with van der Waals surface area (Å²) in [5, 5.41) is 1.05. The fourth-order valence-corrected chi connectivity index (χ4v) is 5.28. The van der Waals surface area contributed by atoms with Crippen LogP contribution in [-0.4, -0.2) is 73.0 Å². The van der Waals surface area contributed by atoms with Crippen LogP contribution in [0.15, 0.2) is 61.2 Å². The Hall–Kier alpha value is -1.17. The average Bonchev–Trinajstić information content (AvgIpc) is 3.54. The van der Waals surface area contributed by atoms with Crippen molar-refractivity contribution in [2.45, 2.75) is 18.4 Å². The van der Waals surface area contributed by atoms with Crippen molar-refractivity contribution in [2.24, 2.45) is 5.73 Å². The van der Waals surface area contributed by atoms with Gasteiger partial charge >= 0.3 is 0 Å². The number of halogens is 6. The van der Waals surface area contributed by atoms with Crippen molar-refractivity contribution in [3.63, 3.8) is 0 Å². The van der Waals surface area contributed by atoms with E-state index in [1.807, 2.05) is 29.0 Å². The molecule has 0 amide bonds. The molecule has 0 saturated carbocycles. The molecule has 40 heavy (non-hydrogen) atoms. The predicted octanol–water partition coefficient (Wildman–Crippen LogP) is 5.31. The van der Waals surface area contributed by atoms with Crippen LogP contribution in [0.2, 0.25) is 10.0 Å². The first-order valence-electron chi connectivity index (χ1n) is 12.2. The number of nitrogens with two attached hydrogens (primary N) is 1. The zero-order chi connectivity index (χ0) is 25.0. The van der Waals surface area contributed by atoms with Crippen molar-refractivity contribution in [3.8, 4) is 5.75 Å². The van der Waals surface area contributed by atoms with Crippen molar-refractivity contribution < 1.29 is 14.2 Å². The Bertz CT molecular complexity index is 1140. The van der Waals surface area contributed by atoms with Gasteiger partial charge in [-0.2, -0.15) is 0 Å². The number of rotatable bonds is 9. The summed E-state index contributed by atoms with van der Waals surface area (Å²) in [7, 11) is 0. The molecule has 2 aliphatic rings. The molecule has 2 fully saturated rings. The molecular formula is C26H35Cl6N5O3. The number of anilines is 1. The molecular weight excluding hydrogens is 643 g/mol. The maximum atomic E-state index is 6.55. The molecule has 2 aromatic carbocycles. The van der Waals surface area contributed by atoms with E-state index < -0.39 is 5.79 Å². The van der Waals surface area contributed by atoms with Crippen LogP contribution in [0.3, 0.4) is 0 Å². The van der Waals surface area contributed by atoms with Gasteiger partial charge in [0, 0.05) is 67.9 Å². The Morgan fingerprint density at radius 2 is 1.73 bits per heavy atom. The summed E-state index contributed by atoms with van der Waals surface area (Å²) in [6, 6.07) is 13.6. The first-order chi connectivity index (χ1) is 17.5. The van der Waals surface area contributed by atoms with Crippen molar-refractivity contribution >= 4 is 78.5 Å². The fourth-order valence-electron chi connectivity index (χ4n) is 4.73. The number of hydrogen-bond acceptors (Lipinski definition) is 7. The van der Waals surface area contributed by atoms with Gasteiger partial charge in [0.15, 0.2) is 0 Å². The highest BCUT2D eigenvalue weighted by molar-refractivity contribution is 6.35. The topological polar surface area (TPSA) is 78.0 Å². The lowest BCUT2D eigenvalue weighted by molar-refractivity contribution is -0.189. The molecule has 3 heterocycles. The number of piperazine rings is 1. The Kier molecular flexibility index (Phi) is 15.7. The van der Waals surface area contributed by atoms with E-state index in [1.54, 1.807) is 24.7 Å². The maximum Gasteiger partial charge on any atom is 0.215 e. The summed E-state index contributed by atoms with van der Waals surface area (Å²) >= 11 is 12.7. The van der Waals surface area contributed by atoms with Crippen LogP contribution in [-0.2, 0) is 21.8 Å². The van der Waals surface area contributed by atoms with Gasteiger partial charge in [-0.1, -0.05) is 29.3 Å². The van der Waals surface area contributed by atoms with Crippen LogP contribution in [0.5, 0.6) is 5.75 Å². The number of ether oxygens (including phenoxy) is 3. The van der Waals surface area contributed by atoms with Gasteiger partial charge in [0.05, 0.1) is 24.5 Å². The van der Waals surface area contributed by atoms with E-state index in [4.69, 9.17) is 43.1 Å². The average molecular weight is 678 g/mol. The summed E-state index contributed by atoms with van der Waals surface area (Å²) in [6.07, 6.45) is 5.04. The largest absolute Gasteiger partial charge is 0.491 e. The molecule has 2 atom stereocenters. The van der Waals surface area contributed by atoms with Crippen LogP contribution in [0, 0.1) is 0 Å². The first kappa shape index (κ1) is 36.9. The number of benzene rings is 2. The number of nitrogens with zero attached hydrogens (tertiary/aromatic N) is 4. The molecule has 5 rings (SSSR count). The maximum absolute atomic E-state index is 6.55. The number of imidazole rings is 1. The molecule has 8 nitrogen and oxygen atoms in total. The normalized spacial score (nSPS) is 20.5. The van der Waals surface area contributed by atoms with Crippen molar-refractivity contribution in [1.29, 1.82) is 0 Å². The van der Waals surface area contributed by atoms with Gasteiger partial charge in [0.25, 0.3) is 0 Å². The molecule has 0 spiro atoms. The van der Waals surface area contributed by atoms with Gasteiger partial charge in [0.2, 0.25) is 5.79 Å². The molecule has 2 saturated heterocycles. The second-order valence-corrected chi connectivity index (χ2v) is 9.93. The van der Waals surface area contributed by atoms with Crippen LogP contribution in [0.25, 0.3) is 0 Å². The molecule has 3 aromatic rings. The van der Waals surface area contributed by atoms with Gasteiger partial charge in [-0.05, 0) is 36.4 Å². The summed E-state index contributed by atoms with van der Waals surface area (Å²) < 4.78 is 20.7. The minimum atomic E-state index is -1.06. The van der Waals surface area contributed by atoms with E-state index >= 15 is 0 Å². The minimum absolute atomic E-state index is 0. The predicted molar refractivity (Wildman–Crippen MR) is 170 cm³/mol. The molecule has 2 aliphatic heterocycles. The first-order valence-corrected chi connectivity index (χ1v) is 12.9. The highest BCUT2D eigenvalue weighted by Crippen LogP contribution is 2.40. The molecule has 2 unspecified atom stereocenters. The molecule has 0 bridgehead atoms. The third-order valence-electron chi connectivity index (χ3n) is 6.61. The van der Waals surface area contributed by atoms with Crippen LogP contribution >= 0.6 is 72.8 Å². The van der Waals surface area contributed by atoms with Gasteiger partial charge in [-0.3, -0.25) is 4.90 Å². The smallest absolute Gasteiger partial charge is 0.215 e. The summed E-state index contributed by atoms with van der Waals surface area (Å²) in [5.41, 5.74) is 7.61. The quantitative estimate of drug-likeness (QED) is 0.329. The summed E-state index contributed by atoms with van der Waals surface area (Å²) in [4.78, 5) is 8.93. The van der Waals surface area contributed by atoms with E-state index in [9.17, 15) is 0 Å². The Balaban J connectivity index is 0.00000200. The highest BCUT2D eigenvalue weighted by atomic mass is 35.5. The van der Waals surface area contributed by atoms with Gasteiger partial charge in [0.1, 0.15) is 18.5 Å². The van der Waals surface area contributed by atoms with Gasteiger partial charge in [-0.25, -0.2) is 4.98 Å². The van der Waals surface area contributed by atoms with Crippen LogP contribution in [0.1, 0.15) is 5.56 Å². The third kappa shape index (κ3) is 8.91. The SMILES string of the molecule is Cl.Cl.Cl.Cl.NCCN1CCN(c2ccc(OCC3COC(Cn4ccnc4)(c4ccc(Cl)cc4Cl)O3)cc2)CC1. The molecule has 14 heteroatoms. The van der Waals surface area contributed by atoms with E-state index in [0.717, 1.165) is 44.0 Å². The molecule has 1 aromatic heterocycles. The lowest BCUT2D eigenvalue weighted by atomic mass is 10.1. The van der Waals surface area contributed by atoms with E-state index in [1.165, 1.54) is 5.69 Å². The molecule has 2 N–H and O–H groups in total. The minimum Gasteiger partial charge on any atom is -0.491 e. The van der Waals surface area contributed by atoms with Gasteiger partial charge in [-0.15, -0.1) is 49.6 Å². The fraction of sp³-hybridized carbons (Fsp3) is 0.423. The zero-order valence-electron chi connectivity index (χ0n) is 21.7.